The summed E-state index contributed by atoms with van der Waals surface area (Å²) in [5.74, 6) is -0.161. The molecule has 1 unspecified atom stereocenters. The maximum Gasteiger partial charge on any atom is 0.255 e. The zero-order valence-corrected chi connectivity index (χ0v) is 13.2. The van der Waals surface area contributed by atoms with Crippen molar-refractivity contribution in [3.8, 4) is 5.75 Å². The number of nitrogens with one attached hydrogen (secondary N) is 1. The third kappa shape index (κ3) is 4.43. The molecule has 1 saturated heterocycles. The Morgan fingerprint density at radius 3 is 2.86 bits per heavy atom. The van der Waals surface area contributed by atoms with Crippen molar-refractivity contribution in [2.45, 2.75) is 30.8 Å². The number of amides is 1. The van der Waals surface area contributed by atoms with Gasteiger partial charge in [0.15, 0.2) is 6.61 Å². The molecule has 1 aromatic carbocycles. The molecule has 7 nitrogen and oxygen atoms in total. The van der Waals surface area contributed by atoms with Gasteiger partial charge in [-0.3, -0.25) is 4.79 Å². The smallest absolute Gasteiger partial charge is 0.255 e. The number of carbonyl (C=O) groups excluding carboxylic acids is 1. The lowest BCUT2D eigenvalue weighted by Gasteiger charge is -2.13. The van der Waals surface area contributed by atoms with E-state index in [1.165, 1.54) is 18.2 Å². The second kappa shape index (κ2) is 7.08. The quantitative estimate of drug-likeness (QED) is 0.749. The van der Waals surface area contributed by atoms with Crippen LogP contribution in [0.4, 0.5) is 0 Å². The number of aryl methyl sites for hydroxylation is 1. The maximum absolute atomic E-state index is 12.2. The molecule has 122 valence electrons. The van der Waals surface area contributed by atoms with Gasteiger partial charge < -0.3 is 15.2 Å². The van der Waals surface area contributed by atoms with Gasteiger partial charge in [0.2, 0.25) is 10.0 Å². The van der Waals surface area contributed by atoms with Crippen LogP contribution < -0.4 is 15.2 Å². The summed E-state index contributed by atoms with van der Waals surface area (Å²) < 4.78 is 37.6. The van der Waals surface area contributed by atoms with Crippen LogP contribution in [-0.4, -0.2) is 40.2 Å². The molecule has 1 heterocycles. The van der Waals surface area contributed by atoms with Crippen molar-refractivity contribution in [2.24, 2.45) is 5.73 Å². The summed E-state index contributed by atoms with van der Waals surface area (Å²) in [7, 11) is -3.60. The molecule has 1 aliphatic heterocycles. The van der Waals surface area contributed by atoms with E-state index >= 15 is 0 Å². The molecule has 0 saturated carbocycles. The third-order valence-corrected chi connectivity index (χ3v) is 4.77. The van der Waals surface area contributed by atoms with E-state index in [0.717, 1.165) is 12.8 Å². The topological polar surface area (TPSA) is 108 Å². The molecule has 22 heavy (non-hydrogen) atoms. The fourth-order valence-electron chi connectivity index (χ4n) is 2.19. The van der Waals surface area contributed by atoms with Gasteiger partial charge in [-0.25, -0.2) is 13.1 Å². The fourth-order valence-corrected chi connectivity index (χ4v) is 3.34. The van der Waals surface area contributed by atoms with E-state index in [9.17, 15) is 13.2 Å². The van der Waals surface area contributed by atoms with Crippen molar-refractivity contribution >= 4 is 15.9 Å². The number of primary amides is 1. The SMILES string of the molecule is Cc1cc(S(=O)(=O)NCC2CCCO2)ccc1OCC(N)=O. The number of hydrogen-bond acceptors (Lipinski definition) is 5. The minimum absolute atomic E-state index is 0.0611. The molecule has 1 aliphatic rings. The molecule has 0 aliphatic carbocycles. The number of carbonyl (C=O) groups is 1. The van der Waals surface area contributed by atoms with E-state index in [2.05, 4.69) is 4.72 Å². The van der Waals surface area contributed by atoms with Crippen molar-refractivity contribution in [3.05, 3.63) is 23.8 Å². The van der Waals surface area contributed by atoms with E-state index in [-0.39, 0.29) is 24.2 Å². The van der Waals surface area contributed by atoms with Gasteiger partial charge in [-0.05, 0) is 43.5 Å². The predicted octanol–water partition coefficient (Wildman–Crippen LogP) is 0.316. The number of ether oxygens (including phenoxy) is 2. The third-order valence-electron chi connectivity index (χ3n) is 3.35. The lowest BCUT2D eigenvalue weighted by molar-refractivity contribution is -0.119. The summed E-state index contributed by atoms with van der Waals surface area (Å²) in [6.07, 6.45) is 1.76. The molecular formula is C14H20N2O5S. The van der Waals surface area contributed by atoms with Crippen molar-refractivity contribution < 1.29 is 22.7 Å². The number of nitrogens with two attached hydrogens (primary N) is 1. The Morgan fingerprint density at radius 2 is 2.27 bits per heavy atom. The van der Waals surface area contributed by atoms with Crippen LogP contribution in [0.1, 0.15) is 18.4 Å². The first-order valence-corrected chi connectivity index (χ1v) is 8.50. The lowest BCUT2D eigenvalue weighted by atomic mass is 10.2. The van der Waals surface area contributed by atoms with Crippen molar-refractivity contribution in [2.75, 3.05) is 19.8 Å². The van der Waals surface area contributed by atoms with Crippen LogP contribution in [0.5, 0.6) is 5.75 Å². The van der Waals surface area contributed by atoms with Gasteiger partial charge >= 0.3 is 0 Å². The van der Waals surface area contributed by atoms with Crippen LogP contribution in [-0.2, 0) is 19.6 Å². The molecule has 8 heteroatoms. The van der Waals surface area contributed by atoms with E-state index in [1.807, 2.05) is 0 Å². The van der Waals surface area contributed by atoms with Gasteiger partial charge in [0.25, 0.3) is 5.91 Å². The Balaban J connectivity index is 2.03. The molecule has 0 spiro atoms. The largest absolute Gasteiger partial charge is 0.484 e. The number of rotatable bonds is 7. The maximum atomic E-state index is 12.2. The molecule has 0 radical (unpaired) electrons. The zero-order valence-electron chi connectivity index (χ0n) is 12.4. The van der Waals surface area contributed by atoms with Crippen LogP contribution >= 0.6 is 0 Å². The van der Waals surface area contributed by atoms with Gasteiger partial charge in [-0.1, -0.05) is 0 Å². The van der Waals surface area contributed by atoms with Crippen molar-refractivity contribution in [1.29, 1.82) is 0 Å². The van der Waals surface area contributed by atoms with Crippen molar-refractivity contribution in [1.82, 2.24) is 4.72 Å². The highest BCUT2D eigenvalue weighted by Crippen LogP contribution is 2.22. The summed E-state index contributed by atoms with van der Waals surface area (Å²) in [5, 5.41) is 0. The van der Waals surface area contributed by atoms with Gasteiger partial charge in [0.05, 0.1) is 11.0 Å². The van der Waals surface area contributed by atoms with Crippen LogP contribution in [0.2, 0.25) is 0 Å². The zero-order chi connectivity index (χ0) is 16.2. The summed E-state index contributed by atoms with van der Waals surface area (Å²) in [6.45, 7) is 2.40. The summed E-state index contributed by atoms with van der Waals surface area (Å²) in [5.41, 5.74) is 5.62. The molecule has 1 atom stereocenters. The number of benzene rings is 1. The molecule has 1 aromatic rings. The van der Waals surface area contributed by atoms with Crippen LogP contribution in [0.15, 0.2) is 23.1 Å². The Morgan fingerprint density at radius 1 is 1.50 bits per heavy atom. The monoisotopic (exact) mass is 328 g/mol. The van der Waals surface area contributed by atoms with E-state index < -0.39 is 15.9 Å². The van der Waals surface area contributed by atoms with Crippen LogP contribution in [0.25, 0.3) is 0 Å². The number of sulfonamides is 1. The molecular weight excluding hydrogens is 308 g/mol. The Hall–Kier alpha value is -1.64. The van der Waals surface area contributed by atoms with E-state index in [0.29, 0.717) is 17.9 Å². The summed E-state index contributed by atoms with van der Waals surface area (Å²) in [4.78, 5) is 10.8. The first kappa shape index (κ1) is 16.7. The second-order valence-electron chi connectivity index (χ2n) is 5.17. The first-order valence-electron chi connectivity index (χ1n) is 7.01. The minimum atomic E-state index is -3.60. The number of hydrogen-bond donors (Lipinski definition) is 2. The highest BCUT2D eigenvalue weighted by Gasteiger charge is 2.20. The Kier molecular flexibility index (Phi) is 5.38. The Bertz CT molecular complexity index is 639. The first-order chi connectivity index (χ1) is 10.4. The Labute approximate surface area is 129 Å². The van der Waals surface area contributed by atoms with E-state index in [4.69, 9.17) is 15.2 Å². The summed E-state index contributed by atoms with van der Waals surface area (Å²) in [6, 6.07) is 4.44. The average Bonchev–Trinajstić information content (AvgIpc) is 2.97. The molecule has 1 fully saturated rings. The van der Waals surface area contributed by atoms with Crippen LogP contribution in [0, 0.1) is 6.92 Å². The molecule has 3 N–H and O–H groups in total. The normalized spacial score (nSPS) is 18.3. The van der Waals surface area contributed by atoms with E-state index in [1.54, 1.807) is 6.92 Å². The molecule has 0 aromatic heterocycles. The van der Waals surface area contributed by atoms with Crippen LogP contribution in [0.3, 0.4) is 0 Å². The van der Waals surface area contributed by atoms with Gasteiger partial charge in [-0.2, -0.15) is 0 Å². The molecule has 1 amide bonds. The minimum Gasteiger partial charge on any atom is -0.484 e. The molecule has 2 rings (SSSR count). The highest BCUT2D eigenvalue weighted by atomic mass is 32.2. The lowest BCUT2D eigenvalue weighted by Crippen LogP contribution is -2.31. The average molecular weight is 328 g/mol. The van der Waals surface area contributed by atoms with Gasteiger partial charge in [0, 0.05) is 13.2 Å². The standard InChI is InChI=1S/C14H20N2O5S/c1-10-7-12(4-5-13(10)21-9-14(15)17)22(18,19)16-8-11-3-2-6-20-11/h4-5,7,11,16H,2-3,6,8-9H2,1H3,(H2,15,17). The fraction of sp³-hybridized carbons (Fsp3) is 0.500. The second-order valence-corrected chi connectivity index (χ2v) is 6.94. The van der Waals surface area contributed by atoms with Crippen molar-refractivity contribution in [3.63, 3.8) is 0 Å². The highest BCUT2D eigenvalue weighted by molar-refractivity contribution is 7.89. The van der Waals surface area contributed by atoms with Gasteiger partial charge in [-0.15, -0.1) is 0 Å². The predicted molar refractivity (Wildman–Crippen MR) is 80.0 cm³/mol. The summed E-state index contributed by atoms with van der Waals surface area (Å²) >= 11 is 0. The molecule has 0 bridgehead atoms. The van der Waals surface area contributed by atoms with Gasteiger partial charge in [0.1, 0.15) is 5.75 Å².